The number of fused-ring (bicyclic) bond motifs is 3. The summed E-state index contributed by atoms with van der Waals surface area (Å²) in [5, 5.41) is 2.66. The van der Waals surface area contributed by atoms with Gasteiger partial charge in [0.25, 0.3) is 0 Å². The maximum absolute atomic E-state index is 12.9. The van der Waals surface area contributed by atoms with Crippen LogP contribution >= 0.6 is 11.6 Å². The SMILES string of the molecule is FC(F)(F)c1ccc(C[N+]2(CCOc3ccc4c(c3)oc3cc(Cl)ccc34)CCCCC2)cc1.[Br-]. The standard InChI is InChI=1S/C27H26ClF3NO2.BrH/c28-21-8-10-23-24-11-9-22(17-26(24)34-25(23)16-21)33-15-14-32(12-2-1-3-13-32)18-19-4-6-20(7-5-19)27(29,30)31;/h4-11,16-17H,1-3,12-15,18H2;1H/q+1;/p-1. The third kappa shape index (κ3) is 5.79. The summed E-state index contributed by atoms with van der Waals surface area (Å²) in [6, 6.07) is 17.0. The van der Waals surface area contributed by atoms with Crippen LogP contribution in [0.5, 0.6) is 5.75 Å². The Morgan fingerprint density at radius 3 is 2.20 bits per heavy atom. The van der Waals surface area contributed by atoms with E-state index in [0.29, 0.717) is 18.2 Å². The molecule has 5 rings (SSSR count). The number of ether oxygens (including phenoxy) is 1. The number of benzene rings is 3. The minimum atomic E-state index is -4.31. The van der Waals surface area contributed by atoms with Crippen LogP contribution in [0.1, 0.15) is 30.4 Å². The molecule has 0 amide bonds. The molecule has 1 saturated heterocycles. The molecule has 0 N–H and O–H groups in total. The smallest absolute Gasteiger partial charge is 0.416 e. The van der Waals surface area contributed by atoms with E-state index in [0.717, 1.165) is 70.2 Å². The lowest BCUT2D eigenvalue weighted by Gasteiger charge is -2.41. The van der Waals surface area contributed by atoms with E-state index >= 15 is 0 Å². The molecule has 1 aliphatic rings. The number of nitrogens with zero attached hydrogens (tertiary/aromatic N) is 1. The molecular formula is C27H26BrClF3NO2. The number of hydrogen-bond acceptors (Lipinski definition) is 2. The molecule has 2 heterocycles. The first-order chi connectivity index (χ1) is 16.3. The van der Waals surface area contributed by atoms with Crippen LogP contribution in [0, 0.1) is 0 Å². The molecule has 3 aromatic carbocycles. The number of quaternary nitrogens is 1. The molecule has 0 bridgehead atoms. The Balaban J connectivity index is 0.00000289. The Morgan fingerprint density at radius 1 is 0.857 bits per heavy atom. The summed E-state index contributed by atoms with van der Waals surface area (Å²) in [5.74, 6) is 0.738. The van der Waals surface area contributed by atoms with Gasteiger partial charge in [-0.3, -0.25) is 0 Å². The molecule has 0 spiro atoms. The summed E-state index contributed by atoms with van der Waals surface area (Å²) in [7, 11) is 0. The van der Waals surface area contributed by atoms with Crippen molar-refractivity contribution in [1.29, 1.82) is 0 Å². The molecule has 8 heteroatoms. The highest BCUT2D eigenvalue weighted by molar-refractivity contribution is 6.31. The quantitative estimate of drug-likeness (QED) is 0.311. The lowest BCUT2D eigenvalue weighted by Crippen LogP contribution is -3.00. The van der Waals surface area contributed by atoms with Gasteiger partial charge in [-0.25, -0.2) is 0 Å². The number of alkyl halides is 3. The summed E-state index contributed by atoms with van der Waals surface area (Å²) in [6.45, 7) is 4.05. The van der Waals surface area contributed by atoms with Gasteiger partial charge in [-0.05, 0) is 55.7 Å². The fourth-order valence-corrected chi connectivity index (χ4v) is 5.17. The third-order valence-electron chi connectivity index (χ3n) is 6.81. The Kier molecular flexibility index (Phi) is 7.69. The van der Waals surface area contributed by atoms with Gasteiger partial charge in [0.1, 0.15) is 36.6 Å². The predicted octanol–water partition coefficient (Wildman–Crippen LogP) is 4.84. The summed E-state index contributed by atoms with van der Waals surface area (Å²) in [6.07, 6.45) is -0.875. The van der Waals surface area contributed by atoms with E-state index in [4.69, 9.17) is 20.8 Å². The van der Waals surface area contributed by atoms with Crippen LogP contribution in [0.2, 0.25) is 5.02 Å². The van der Waals surface area contributed by atoms with E-state index in [1.807, 2.05) is 36.4 Å². The highest BCUT2D eigenvalue weighted by atomic mass is 79.9. The average molecular weight is 569 g/mol. The van der Waals surface area contributed by atoms with Crippen LogP contribution in [0.15, 0.2) is 65.1 Å². The van der Waals surface area contributed by atoms with Gasteiger partial charge in [-0.2, -0.15) is 13.2 Å². The van der Waals surface area contributed by atoms with E-state index < -0.39 is 11.7 Å². The Bertz CT molecular complexity index is 1300. The Hall–Kier alpha value is -2.22. The highest BCUT2D eigenvalue weighted by Crippen LogP contribution is 2.33. The molecular weight excluding hydrogens is 543 g/mol. The van der Waals surface area contributed by atoms with Crippen LogP contribution in [0.4, 0.5) is 13.2 Å². The van der Waals surface area contributed by atoms with Crippen molar-refractivity contribution in [3.63, 3.8) is 0 Å². The van der Waals surface area contributed by atoms with E-state index in [1.54, 1.807) is 12.1 Å². The fraction of sp³-hybridized carbons (Fsp3) is 0.333. The van der Waals surface area contributed by atoms with E-state index in [9.17, 15) is 13.2 Å². The Morgan fingerprint density at radius 2 is 1.51 bits per heavy atom. The van der Waals surface area contributed by atoms with Crippen LogP contribution in [-0.2, 0) is 12.7 Å². The van der Waals surface area contributed by atoms with Crippen LogP contribution in [0.3, 0.4) is 0 Å². The second-order valence-corrected chi connectivity index (χ2v) is 9.61. The van der Waals surface area contributed by atoms with Gasteiger partial charge in [0.05, 0.1) is 18.7 Å². The first-order valence-electron chi connectivity index (χ1n) is 11.6. The highest BCUT2D eigenvalue weighted by Gasteiger charge is 2.32. The largest absolute Gasteiger partial charge is 1.00 e. The van der Waals surface area contributed by atoms with Crippen molar-refractivity contribution in [3.8, 4) is 5.75 Å². The summed E-state index contributed by atoms with van der Waals surface area (Å²) in [4.78, 5) is 0. The molecule has 4 aromatic rings. The molecule has 1 aromatic heterocycles. The topological polar surface area (TPSA) is 22.4 Å². The predicted molar refractivity (Wildman–Crippen MR) is 128 cm³/mol. The molecule has 0 radical (unpaired) electrons. The molecule has 0 aliphatic carbocycles. The third-order valence-corrected chi connectivity index (χ3v) is 7.04. The van der Waals surface area contributed by atoms with Crippen LogP contribution < -0.4 is 21.7 Å². The van der Waals surface area contributed by atoms with Gasteiger partial charge in [-0.15, -0.1) is 0 Å². The fourth-order valence-electron chi connectivity index (χ4n) is 5.01. The second-order valence-electron chi connectivity index (χ2n) is 9.17. The number of furan rings is 1. The van der Waals surface area contributed by atoms with Crippen molar-refractivity contribution in [3.05, 3.63) is 76.8 Å². The molecule has 0 saturated carbocycles. The van der Waals surface area contributed by atoms with Gasteiger partial charge >= 0.3 is 6.18 Å². The molecule has 1 fully saturated rings. The molecule has 186 valence electrons. The van der Waals surface area contributed by atoms with E-state index in [2.05, 4.69) is 0 Å². The maximum atomic E-state index is 12.9. The number of rotatable bonds is 6. The van der Waals surface area contributed by atoms with Gasteiger partial charge < -0.3 is 30.6 Å². The lowest BCUT2D eigenvalue weighted by atomic mass is 10.0. The number of likely N-dealkylation sites (tertiary alicyclic amines) is 1. The maximum Gasteiger partial charge on any atom is 0.416 e. The summed E-state index contributed by atoms with van der Waals surface area (Å²) < 4.78 is 51.7. The minimum Gasteiger partial charge on any atom is -1.00 e. The summed E-state index contributed by atoms with van der Waals surface area (Å²) >= 11 is 6.08. The molecule has 0 unspecified atom stereocenters. The molecule has 1 aliphatic heterocycles. The lowest BCUT2D eigenvalue weighted by molar-refractivity contribution is -0.945. The Labute approximate surface area is 217 Å². The molecule has 3 nitrogen and oxygen atoms in total. The van der Waals surface area contributed by atoms with Gasteiger partial charge in [0.15, 0.2) is 0 Å². The number of halogens is 5. The number of piperidine rings is 1. The molecule has 35 heavy (non-hydrogen) atoms. The zero-order valence-electron chi connectivity index (χ0n) is 19.1. The van der Waals surface area contributed by atoms with Crippen molar-refractivity contribution < 1.29 is 43.8 Å². The van der Waals surface area contributed by atoms with Gasteiger partial charge in [0, 0.05) is 33.5 Å². The first-order valence-corrected chi connectivity index (χ1v) is 12.0. The van der Waals surface area contributed by atoms with Crippen molar-refractivity contribution in [2.75, 3.05) is 26.2 Å². The van der Waals surface area contributed by atoms with Crippen LogP contribution in [-0.4, -0.2) is 30.7 Å². The van der Waals surface area contributed by atoms with Gasteiger partial charge in [0.2, 0.25) is 0 Å². The average Bonchev–Trinajstić information content (AvgIpc) is 3.16. The van der Waals surface area contributed by atoms with Crippen molar-refractivity contribution in [2.45, 2.75) is 32.0 Å². The van der Waals surface area contributed by atoms with Crippen molar-refractivity contribution >= 4 is 33.5 Å². The number of hydrogen-bond donors (Lipinski definition) is 0. The minimum absolute atomic E-state index is 0. The normalized spacial score (nSPS) is 15.8. The summed E-state index contributed by atoms with van der Waals surface area (Å²) in [5.41, 5.74) is 1.82. The second kappa shape index (κ2) is 10.4. The van der Waals surface area contributed by atoms with E-state index in [-0.39, 0.29) is 17.0 Å². The zero-order valence-corrected chi connectivity index (χ0v) is 21.4. The van der Waals surface area contributed by atoms with Crippen LogP contribution in [0.25, 0.3) is 21.9 Å². The first kappa shape index (κ1) is 25.9. The van der Waals surface area contributed by atoms with E-state index in [1.165, 1.54) is 18.6 Å². The monoisotopic (exact) mass is 567 g/mol. The zero-order chi connectivity index (χ0) is 23.8. The van der Waals surface area contributed by atoms with Gasteiger partial charge in [-0.1, -0.05) is 23.7 Å². The van der Waals surface area contributed by atoms with Crippen molar-refractivity contribution in [2.24, 2.45) is 0 Å². The van der Waals surface area contributed by atoms with Crippen molar-refractivity contribution in [1.82, 2.24) is 0 Å². The molecule has 0 atom stereocenters.